The average molecular weight is 359 g/mol. The van der Waals surface area contributed by atoms with Gasteiger partial charge in [0.05, 0.1) is 11.4 Å². The fourth-order valence-electron chi connectivity index (χ4n) is 3.39. The van der Waals surface area contributed by atoms with Crippen molar-refractivity contribution >= 4 is 11.8 Å². The minimum atomic E-state index is 0.229. The van der Waals surface area contributed by atoms with Crippen molar-refractivity contribution in [2.45, 2.75) is 39.0 Å². The van der Waals surface area contributed by atoms with Crippen LogP contribution in [0.4, 0.5) is 0 Å². The molecule has 0 bridgehead atoms. The Kier molecular flexibility index (Phi) is 6.21. The number of hydrogen-bond acceptors (Lipinski definition) is 7. The van der Waals surface area contributed by atoms with E-state index in [1.165, 1.54) is 0 Å². The molecular formula is C19H29N5O2. The maximum atomic E-state index is 5.42. The summed E-state index contributed by atoms with van der Waals surface area (Å²) < 4.78 is 10.8. The minimum Gasteiger partial charge on any atom is -0.479 e. The molecule has 3 rings (SSSR count). The Bertz CT molecular complexity index is 622. The lowest BCUT2D eigenvalue weighted by molar-refractivity contribution is 0.250. The minimum absolute atomic E-state index is 0.229. The van der Waals surface area contributed by atoms with Crippen molar-refractivity contribution in [2.75, 3.05) is 40.4 Å². The van der Waals surface area contributed by atoms with Crippen LogP contribution in [-0.2, 0) is 22.6 Å². The predicted molar refractivity (Wildman–Crippen MR) is 103 cm³/mol. The molecule has 2 aliphatic heterocycles. The Hall–Kier alpha value is -1.99. The molecule has 0 saturated carbocycles. The zero-order valence-electron chi connectivity index (χ0n) is 16.2. The number of aromatic nitrogens is 1. The first-order valence-corrected chi connectivity index (χ1v) is 9.14. The third kappa shape index (κ3) is 5.51. The highest BCUT2D eigenvalue weighted by Crippen LogP contribution is 2.11. The highest BCUT2D eigenvalue weighted by Gasteiger charge is 2.19. The highest BCUT2D eigenvalue weighted by molar-refractivity contribution is 5.75. The van der Waals surface area contributed by atoms with Crippen molar-refractivity contribution in [1.82, 2.24) is 14.8 Å². The van der Waals surface area contributed by atoms with Crippen LogP contribution in [0, 0.1) is 0 Å². The Labute approximate surface area is 155 Å². The van der Waals surface area contributed by atoms with Crippen LogP contribution in [0.2, 0.25) is 0 Å². The molecule has 0 fully saturated rings. The fourth-order valence-corrected chi connectivity index (χ4v) is 3.39. The lowest BCUT2D eigenvalue weighted by atomic mass is 10.2. The standard InChI is InChI=1S/C19H29N5O2/c1-14-20-18(12-25-14)10-23(3)8-16-6-5-7-17(22-16)9-24(4)11-19-13-26-15(2)21-19/h5-7,18-19H,8-13H2,1-4H3/t18-,19-/m1/s1. The lowest BCUT2D eigenvalue weighted by Crippen LogP contribution is -2.30. The predicted octanol–water partition coefficient (Wildman–Crippen LogP) is 1.58. The molecule has 1 aromatic rings. The van der Waals surface area contributed by atoms with Crippen LogP contribution in [-0.4, -0.2) is 79.1 Å². The number of ether oxygens (including phenoxy) is 2. The first-order valence-electron chi connectivity index (χ1n) is 9.14. The van der Waals surface area contributed by atoms with Crippen LogP contribution in [0.25, 0.3) is 0 Å². The van der Waals surface area contributed by atoms with Crippen molar-refractivity contribution in [2.24, 2.45) is 9.98 Å². The maximum Gasteiger partial charge on any atom is 0.180 e. The van der Waals surface area contributed by atoms with Gasteiger partial charge in [0.2, 0.25) is 0 Å². The highest BCUT2D eigenvalue weighted by atomic mass is 16.5. The third-order valence-electron chi connectivity index (χ3n) is 4.47. The molecule has 142 valence electrons. The first-order chi connectivity index (χ1) is 12.5. The summed E-state index contributed by atoms with van der Waals surface area (Å²) in [7, 11) is 4.20. The van der Waals surface area contributed by atoms with Gasteiger partial charge in [0, 0.05) is 40.0 Å². The molecule has 3 heterocycles. The summed E-state index contributed by atoms with van der Waals surface area (Å²) in [4.78, 5) is 18.3. The van der Waals surface area contributed by atoms with Crippen molar-refractivity contribution in [1.29, 1.82) is 0 Å². The van der Waals surface area contributed by atoms with Crippen molar-refractivity contribution < 1.29 is 9.47 Å². The van der Waals surface area contributed by atoms with Gasteiger partial charge in [0.1, 0.15) is 25.3 Å². The molecule has 0 aromatic carbocycles. The Morgan fingerprint density at radius 2 is 1.35 bits per heavy atom. The third-order valence-corrected chi connectivity index (χ3v) is 4.47. The Morgan fingerprint density at radius 3 is 1.73 bits per heavy atom. The summed E-state index contributed by atoms with van der Waals surface area (Å²) in [6.45, 7) is 8.55. The van der Waals surface area contributed by atoms with Gasteiger partial charge in [-0.1, -0.05) is 6.07 Å². The van der Waals surface area contributed by atoms with E-state index < -0.39 is 0 Å². The SMILES string of the molecule is CC1=N[C@H](CN(C)Cc2cccc(CN(C)C[C@@H]3COC(C)=N3)n2)CO1. The van der Waals surface area contributed by atoms with E-state index in [-0.39, 0.29) is 12.1 Å². The lowest BCUT2D eigenvalue weighted by Gasteiger charge is -2.20. The molecule has 0 spiro atoms. The molecule has 1 aromatic heterocycles. The molecule has 7 nitrogen and oxygen atoms in total. The average Bonchev–Trinajstić information content (AvgIpc) is 3.15. The normalized spacial score (nSPS) is 22.4. The van der Waals surface area contributed by atoms with Crippen molar-refractivity contribution in [3.63, 3.8) is 0 Å². The summed E-state index contributed by atoms with van der Waals surface area (Å²) >= 11 is 0. The van der Waals surface area contributed by atoms with Crippen LogP contribution in [0.5, 0.6) is 0 Å². The monoisotopic (exact) mass is 359 g/mol. The largest absolute Gasteiger partial charge is 0.479 e. The Balaban J connectivity index is 1.49. The van der Waals surface area contributed by atoms with Gasteiger partial charge in [-0.05, 0) is 26.2 Å². The maximum absolute atomic E-state index is 5.42. The smallest absolute Gasteiger partial charge is 0.180 e. The number of likely N-dealkylation sites (N-methyl/N-ethyl adjacent to an activating group) is 2. The molecule has 7 heteroatoms. The van der Waals surface area contributed by atoms with Crippen molar-refractivity contribution in [3.8, 4) is 0 Å². The molecule has 26 heavy (non-hydrogen) atoms. The number of nitrogens with zero attached hydrogens (tertiary/aromatic N) is 5. The van der Waals surface area contributed by atoms with Crippen LogP contribution >= 0.6 is 0 Å². The number of rotatable bonds is 8. The summed E-state index contributed by atoms with van der Waals surface area (Å²) in [6, 6.07) is 6.70. The number of pyridine rings is 1. The van der Waals surface area contributed by atoms with Gasteiger partial charge in [-0.15, -0.1) is 0 Å². The fraction of sp³-hybridized carbons (Fsp3) is 0.632. The first kappa shape index (κ1) is 18.8. The van der Waals surface area contributed by atoms with Crippen LogP contribution in [0.15, 0.2) is 28.2 Å². The second kappa shape index (κ2) is 8.60. The molecule has 0 saturated heterocycles. The molecule has 0 aliphatic carbocycles. The molecule has 2 aliphatic rings. The molecular weight excluding hydrogens is 330 g/mol. The van der Waals surface area contributed by atoms with E-state index in [1.54, 1.807) is 0 Å². The van der Waals surface area contributed by atoms with Crippen molar-refractivity contribution in [3.05, 3.63) is 29.6 Å². The van der Waals surface area contributed by atoms with Gasteiger partial charge in [-0.2, -0.15) is 0 Å². The quantitative estimate of drug-likeness (QED) is 0.705. The van der Waals surface area contributed by atoms with Gasteiger partial charge in [-0.3, -0.25) is 14.8 Å². The number of hydrogen-bond donors (Lipinski definition) is 0. The second-order valence-corrected chi connectivity index (χ2v) is 7.24. The van der Waals surface area contributed by atoms with E-state index in [2.05, 4.69) is 52.1 Å². The summed E-state index contributed by atoms with van der Waals surface area (Å²) in [5.74, 6) is 1.58. The van der Waals surface area contributed by atoms with Crippen LogP contribution < -0.4 is 0 Å². The van der Waals surface area contributed by atoms with Gasteiger partial charge in [0.25, 0.3) is 0 Å². The van der Waals surface area contributed by atoms with Gasteiger partial charge >= 0.3 is 0 Å². The topological polar surface area (TPSA) is 62.5 Å². The van der Waals surface area contributed by atoms with E-state index in [0.29, 0.717) is 13.2 Å². The number of aliphatic imine (C=N–C) groups is 2. The van der Waals surface area contributed by atoms with Gasteiger partial charge in [0.15, 0.2) is 11.8 Å². The molecule has 0 radical (unpaired) electrons. The van der Waals surface area contributed by atoms with Crippen LogP contribution in [0.1, 0.15) is 25.2 Å². The summed E-state index contributed by atoms with van der Waals surface area (Å²) in [5.41, 5.74) is 2.16. The van der Waals surface area contributed by atoms with E-state index in [9.17, 15) is 0 Å². The van der Waals surface area contributed by atoms with Crippen LogP contribution in [0.3, 0.4) is 0 Å². The molecule has 2 atom stereocenters. The molecule has 0 unspecified atom stereocenters. The zero-order chi connectivity index (χ0) is 18.5. The van der Waals surface area contributed by atoms with Gasteiger partial charge in [-0.25, -0.2) is 9.98 Å². The van der Waals surface area contributed by atoms with E-state index in [4.69, 9.17) is 14.5 Å². The van der Waals surface area contributed by atoms with E-state index in [1.807, 2.05) is 13.8 Å². The summed E-state index contributed by atoms with van der Waals surface area (Å²) in [5, 5.41) is 0. The molecule has 0 amide bonds. The zero-order valence-corrected chi connectivity index (χ0v) is 16.2. The van der Waals surface area contributed by atoms with Gasteiger partial charge < -0.3 is 9.47 Å². The van der Waals surface area contributed by atoms with E-state index >= 15 is 0 Å². The Morgan fingerprint density at radius 1 is 0.885 bits per heavy atom. The summed E-state index contributed by atoms with van der Waals surface area (Å²) in [6.07, 6.45) is 0. The van der Waals surface area contributed by atoms with E-state index in [0.717, 1.165) is 49.4 Å². The molecule has 0 N–H and O–H groups in total. The second-order valence-electron chi connectivity index (χ2n) is 7.24.